The molecule has 2 N–H and O–H groups in total. The third-order valence-electron chi connectivity index (χ3n) is 3.59. The van der Waals surface area contributed by atoms with Gasteiger partial charge in [-0.2, -0.15) is 0 Å². The molecule has 128 valence electrons. The number of rotatable bonds is 5. The van der Waals surface area contributed by atoms with Gasteiger partial charge in [0.05, 0.1) is 0 Å². The Labute approximate surface area is 128 Å². The molecule has 1 saturated carbocycles. The number of nitrogens with one attached hydrogen (secondary N) is 2. The number of hydrogen-bond acceptors (Lipinski definition) is 4. The predicted molar refractivity (Wildman–Crippen MR) is 75.9 cm³/mol. The van der Waals surface area contributed by atoms with E-state index < -0.39 is 31.3 Å². The zero-order valence-electron chi connectivity index (χ0n) is 13.2. The summed E-state index contributed by atoms with van der Waals surface area (Å²) in [6.07, 6.45) is 0.268. The van der Waals surface area contributed by atoms with Gasteiger partial charge in [-0.1, -0.05) is 13.8 Å². The van der Waals surface area contributed by atoms with Crippen molar-refractivity contribution in [2.75, 3.05) is 20.1 Å². The highest BCUT2D eigenvalue weighted by atomic mass is 19.1. The first kappa shape index (κ1) is 18.4. The molecule has 8 heteroatoms. The summed E-state index contributed by atoms with van der Waals surface area (Å²) in [6, 6.07) is -0.269. The lowest BCUT2D eigenvalue weighted by molar-refractivity contribution is 0.0685. The minimum atomic E-state index is -1.19. The van der Waals surface area contributed by atoms with Gasteiger partial charge < -0.3 is 20.1 Å². The van der Waals surface area contributed by atoms with Crippen molar-refractivity contribution < 1.29 is 27.8 Å². The van der Waals surface area contributed by atoms with Crippen LogP contribution in [0.15, 0.2) is 0 Å². The van der Waals surface area contributed by atoms with Gasteiger partial charge in [-0.15, -0.1) is 0 Å². The topological polar surface area (TPSA) is 76.7 Å². The van der Waals surface area contributed by atoms with Crippen LogP contribution in [0.3, 0.4) is 0 Å². The monoisotopic (exact) mass is 322 g/mol. The van der Waals surface area contributed by atoms with Gasteiger partial charge in [-0.25, -0.2) is 18.4 Å². The predicted octanol–water partition coefficient (Wildman–Crippen LogP) is 2.67. The smallest absolute Gasteiger partial charge is 0.409 e. The van der Waals surface area contributed by atoms with Crippen molar-refractivity contribution in [3.05, 3.63) is 0 Å². The first-order chi connectivity index (χ1) is 10.2. The lowest BCUT2D eigenvalue weighted by Crippen LogP contribution is -2.57. The van der Waals surface area contributed by atoms with Crippen molar-refractivity contribution in [2.45, 2.75) is 51.6 Å². The normalized spacial score (nSPS) is 26.9. The van der Waals surface area contributed by atoms with E-state index in [2.05, 4.69) is 15.4 Å². The first-order valence-corrected chi connectivity index (χ1v) is 7.20. The Balaban J connectivity index is 2.69. The molecule has 1 fully saturated rings. The largest absolute Gasteiger partial charge is 0.447 e. The van der Waals surface area contributed by atoms with E-state index in [-0.39, 0.29) is 18.1 Å². The van der Waals surface area contributed by atoms with Crippen LogP contribution in [0.25, 0.3) is 0 Å². The van der Waals surface area contributed by atoms with Crippen molar-refractivity contribution in [2.24, 2.45) is 5.41 Å². The number of halogens is 2. The van der Waals surface area contributed by atoms with Crippen molar-refractivity contribution >= 4 is 12.2 Å². The van der Waals surface area contributed by atoms with E-state index >= 15 is 0 Å². The molecule has 0 aromatic heterocycles. The third-order valence-corrected chi connectivity index (χ3v) is 3.59. The molecule has 0 bridgehead atoms. The molecule has 1 aliphatic carbocycles. The Morgan fingerprint density at radius 3 is 2.41 bits per heavy atom. The number of carbonyl (C=O) groups excluding carboxylic acids is 2. The molecule has 0 heterocycles. The summed E-state index contributed by atoms with van der Waals surface area (Å²) in [7, 11) is 0. The van der Waals surface area contributed by atoms with Crippen molar-refractivity contribution in [1.82, 2.24) is 10.6 Å². The molecule has 2 unspecified atom stereocenters. The summed E-state index contributed by atoms with van der Waals surface area (Å²) >= 11 is 0. The van der Waals surface area contributed by atoms with Crippen molar-refractivity contribution in [3.63, 3.8) is 0 Å². The zero-order valence-corrected chi connectivity index (χ0v) is 13.2. The van der Waals surface area contributed by atoms with Crippen LogP contribution in [0.2, 0.25) is 0 Å². The molecule has 2 atom stereocenters. The molecule has 0 spiro atoms. The van der Waals surface area contributed by atoms with Crippen LogP contribution in [0, 0.1) is 5.41 Å². The highest BCUT2D eigenvalue weighted by Crippen LogP contribution is 2.41. The average molecular weight is 322 g/mol. The Kier molecular flexibility index (Phi) is 6.37. The van der Waals surface area contributed by atoms with Crippen LogP contribution in [-0.2, 0) is 9.47 Å². The van der Waals surface area contributed by atoms with Crippen LogP contribution in [0.4, 0.5) is 18.4 Å². The van der Waals surface area contributed by atoms with Gasteiger partial charge in [-0.3, -0.25) is 0 Å². The molecule has 22 heavy (non-hydrogen) atoms. The van der Waals surface area contributed by atoms with Crippen LogP contribution in [-0.4, -0.2) is 43.9 Å². The Hall–Kier alpha value is -1.60. The molecule has 0 saturated heterocycles. The molecule has 0 radical (unpaired) electrons. The van der Waals surface area contributed by atoms with Crippen molar-refractivity contribution in [1.29, 1.82) is 0 Å². The van der Waals surface area contributed by atoms with E-state index in [9.17, 15) is 18.4 Å². The number of amides is 2. The van der Waals surface area contributed by atoms with Crippen LogP contribution >= 0.6 is 0 Å². The van der Waals surface area contributed by atoms with Gasteiger partial charge in [0, 0.05) is 11.6 Å². The van der Waals surface area contributed by atoms with E-state index in [1.54, 1.807) is 0 Å². The highest BCUT2D eigenvalue weighted by molar-refractivity contribution is 5.69. The lowest BCUT2D eigenvalue weighted by Gasteiger charge is -2.46. The summed E-state index contributed by atoms with van der Waals surface area (Å²) in [6.45, 7) is 3.62. The first-order valence-electron chi connectivity index (χ1n) is 7.20. The lowest BCUT2D eigenvalue weighted by atomic mass is 9.67. The average Bonchev–Trinajstić information content (AvgIpc) is 2.33. The van der Waals surface area contributed by atoms with E-state index in [0.29, 0.717) is 19.3 Å². The highest BCUT2D eigenvalue weighted by Gasteiger charge is 2.43. The molecule has 6 nitrogen and oxygen atoms in total. The second kappa shape index (κ2) is 7.60. The third kappa shape index (κ3) is 6.03. The van der Waals surface area contributed by atoms with Gasteiger partial charge in [0.25, 0.3) is 0 Å². The number of carbonyl (C=O) groups is 2. The minimum Gasteiger partial charge on any atom is -0.447 e. The maximum Gasteiger partial charge on any atom is 0.409 e. The molecule has 1 aliphatic rings. The standard InChI is InChI=1S/C14H24F2N2O4/c1-13(2)6-10(17-11(19)22-9-16)7-14(3,8-13)18-12(20)21-5-4-15/h10H,4-9H2,1-3H3,(H,17,19)(H,18,20). The van der Waals surface area contributed by atoms with Gasteiger partial charge in [0.1, 0.15) is 13.3 Å². The molecule has 1 rings (SSSR count). The fraction of sp³-hybridized carbons (Fsp3) is 0.857. The summed E-state index contributed by atoms with van der Waals surface area (Å²) in [4.78, 5) is 23.0. The molecular weight excluding hydrogens is 298 g/mol. The molecule has 2 amide bonds. The fourth-order valence-electron chi connectivity index (χ4n) is 3.35. The van der Waals surface area contributed by atoms with E-state index in [1.165, 1.54) is 0 Å². The summed E-state index contributed by atoms with van der Waals surface area (Å²) in [5, 5.41) is 5.32. The summed E-state index contributed by atoms with van der Waals surface area (Å²) in [5.41, 5.74) is -0.781. The number of alkyl carbamates (subject to hydrolysis) is 2. The quantitative estimate of drug-likeness (QED) is 0.816. The van der Waals surface area contributed by atoms with Crippen LogP contribution in [0.1, 0.15) is 40.0 Å². The number of ether oxygens (including phenoxy) is 2. The van der Waals surface area contributed by atoms with Crippen LogP contribution < -0.4 is 10.6 Å². The second-order valence-electron chi connectivity index (χ2n) is 6.64. The Bertz CT molecular complexity index is 406. The number of alkyl halides is 2. The second-order valence-corrected chi connectivity index (χ2v) is 6.64. The SMILES string of the molecule is CC1(C)CC(NC(=O)OCF)CC(C)(NC(=O)OCCF)C1. The van der Waals surface area contributed by atoms with Crippen molar-refractivity contribution in [3.8, 4) is 0 Å². The van der Waals surface area contributed by atoms with E-state index in [4.69, 9.17) is 4.74 Å². The Morgan fingerprint density at radius 2 is 1.82 bits per heavy atom. The van der Waals surface area contributed by atoms with Gasteiger partial charge in [0.2, 0.25) is 6.86 Å². The maximum absolute atomic E-state index is 12.0. The zero-order chi connectivity index (χ0) is 16.8. The van der Waals surface area contributed by atoms with Crippen LogP contribution in [0.5, 0.6) is 0 Å². The van der Waals surface area contributed by atoms with Gasteiger partial charge in [0.15, 0.2) is 0 Å². The summed E-state index contributed by atoms with van der Waals surface area (Å²) in [5.74, 6) is 0. The van der Waals surface area contributed by atoms with E-state index in [0.717, 1.165) is 0 Å². The Morgan fingerprint density at radius 1 is 1.14 bits per heavy atom. The number of hydrogen-bond donors (Lipinski definition) is 2. The van der Waals surface area contributed by atoms with Gasteiger partial charge >= 0.3 is 12.2 Å². The van der Waals surface area contributed by atoms with Gasteiger partial charge in [-0.05, 0) is 31.6 Å². The molecular formula is C14H24F2N2O4. The minimum absolute atomic E-state index is 0.159. The van der Waals surface area contributed by atoms with E-state index in [1.807, 2.05) is 20.8 Å². The maximum atomic E-state index is 12.0. The molecule has 0 aromatic carbocycles. The molecule has 0 aromatic rings. The molecule has 0 aliphatic heterocycles. The summed E-state index contributed by atoms with van der Waals surface area (Å²) < 4.78 is 33.0. The fourth-order valence-corrected chi connectivity index (χ4v) is 3.35.